The largest absolute Gasteiger partial charge is 0.482 e. The lowest BCUT2D eigenvalue weighted by Gasteiger charge is -2.15. The van der Waals surface area contributed by atoms with Gasteiger partial charge in [0.2, 0.25) is 0 Å². The molecular formula is C20H23NO4. The second kappa shape index (κ2) is 8.33. The molecule has 5 nitrogen and oxygen atoms in total. The number of amides is 1. The van der Waals surface area contributed by atoms with Gasteiger partial charge in [0, 0.05) is 5.69 Å². The number of anilines is 1. The Bertz CT molecular complexity index is 750. The van der Waals surface area contributed by atoms with Crippen LogP contribution in [0.4, 0.5) is 5.69 Å². The van der Waals surface area contributed by atoms with Crippen molar-refractivity contribution in [1.82, 2.24) is 0 Å². The van der Waals surface area contributed by atoms with Crippen molar-refractivity contribution in [2.75, 3.05) is 11.9 Å². The zero-order valence-corrected chi connectivity index (χ0v) is 15.0. The minimum absolute atomic E-state index is 0.245. The maximum atomic E-state index is 12.1. The van der Waals surface area contributed by atoms with Crippen molar-refractivity contribution in [2.45, 2.75) is 33.8 Å². The Kier molecular flexibility index (Phi) is 6.17. The molecule has 0 aromatic heterocycles. The van der Waals surface area contributed by atoms with E-state index in [1.807, 2.05) is 57.2 Å². The highest BCUT2D eigenvalue weighted by Crippen LogP contribution is 2.16. The predicted molar refractivity (Wildman–Crippen MR) is 96.8 cm³/mol. The molecule has 2 aromatic carbocycles. The summed E-state index contributed by atoms with van der Waals surface area (Å²) in [5, 5.41) is 2.75. The normalized spacial score (nSPS) is 11.5. The van der Waals surface area contributed by atoms with Gasteiger partial charge in [-0.05, 0) is 62.6 Å². The van der Waals surface area contributed by atoms with Gasteiger partial charge in [0.15, 0.2) is 12.7 Å². The van der Waals surface area contributed by atoms with Crippen molar-refractivity contribution in [1.29, 1.82) is 0 Å². The van der Waals surface area contributed by atoms with E-state index < -0.39 is 12.1 Å². The Labute approximate surface area is 148 Å². The third-order valence-electron chi connectivity index (χ3n) is 3.63. The van der Waals surface area contributed by atoms with E-state index in [0.717, 1.165) is 16.7 Å². The molecule has 1 amide bonds. The smallest absolute Gasteiger partial charge is 0.344 e. The van der Waals surface area contributed by atoms with Gasteiger partial charge in [-0.15, -0.1) is 0 Å². The van der Waals surface area contributed by atoms with Crippen molar-refractivity contribution in [3.8, 4) is 5.75 Å². The first-order valence-corrected chi connectivity index (χ1v) is 8.12. The summed E-state index contributed by atoms with van der Waals surface area (Å²) in [5.41, 5.74) is 3.73. The first-order valence-electron chi connectivity index (χ1n) is 8.12. The van der Waals surface area contributed by atoms with Crippen LogP contribution < -0.4 is 10.1 Å². The van der Waals surface area contributed by atoms with Crippen molar-refractivity contribution >= 4 is 17.6 Å². The fraction of sp³-hybridized carbons (Fsp3) is 0.300. The zero-order valence-electron chi connectivity index (χ0n) is 15.0. The Morgan fingerprint density at radius 2 is 1.68 bits per heavy atom. The Morgan fingerprint density at radius 3 is 2.32 bits per heavy atom. The van der Waals surface area contributed by atoms with Gasteiger partial charge < -0.3 is 14.8 Å². The molecule has 0 aliphatic carbocycles. The Morgan fingerprint density at radius 1 is 1.04 bits per heavy atom. The lowest BCUT2D eigenvalue weighted by Crippen LogP contribution is -2.31. The van der Waals surface area contributed by atoms with E-state index in [2.05, 4.69) is 5.32 Å². The maximum Gasteiger partial charge on any atom is 0.344 e. The molecule has 1 N–H and O–H groups in total. The molecule has 1 unspecified atom stereocenters. The summed E-state index contributed by atoms with van der Waals surface area (Å²) in [6.07, 6.45) is -0.907. The summed E-state index contributed by atoms with van der Waals surface area (Å²) in [4.78, 5) is 24.0. The molecule has 0 aliphatic rings. The van der Waals surface area contributed by atoms with Gasteiger partial charge in [-0.25, -0.2) is 4.79 Å². The number of carbonyl (C=O) groups excluding carboxylic acids is 2. The highest BCUT2D eigenvalue weighted by atomic mass is 16.6. The molecule has 5 heteroatoms. The summed E-state index contributed by atoms with van der Waals surface area (Å²) in [7, 11) is 0. The summed E-state index contributed by atoms with van der Waals surface area (Å²) in [6.45, 7) is 7.09. The molecule has 132 valence electrons. The van der Waals surface area contributed by atoms with Crippen molar-refractivity contribution in [3.05, 3.63) is 59.2 Å². The van der Waals surface area contributed by atoms with E-state index in [1.165, 1.54) is 6.92 Å². The average molecular weight is 341 g/mol. The SMILES string of the molecule is Cc1cc(C)cc(OCC(=O)OC(C)C(=O)Nc2ccccc2C)c1. The van der Waals surface area contributed by atoms with Crippen LogP contribution in [0.2, 0.25) is 0 Å². The highest BCUT2D eigenvalue weighted by Gasteiger charge is 2.18. The van der Waals surface area contributed by atoms with Crippen LogP contribution in [0.5, 0.6) is 5.75 Å². The number of benzene rings is 2. The van der Waals surface area contributed by atoms with Gasteiger partial charge in [-0.3, -0.25) is 4.79 Å². The fourth-order valence-electron chi connectivity index (χ4n) is 2.39. The molecule has 1 atom stereocenters. The summed E-state index contributed by atoms with van der Waals surface area (Å²) < 4.78 is 10.6. The number of hydrogen-bond acceptors (Lipinski definition) is 4. The molecule has 0 fully saturated rings. The minimum atomic E-state index is -0.907. The van der Waals surface area contributed by atoms with Crippen molar-refractivity contribution in [3.63, 3.8) is 0 Å². The average Bonchev–Trinajstić information content (AvgIpc) is 2.54. The van der Waals surface area contributed by atoms with Crippen LogP contribution in [0.1, 0.15) is 23.6 Å². The highest BCUT2D eigenvalue weighted by molar-refractivity contribution is 5.95. The standard InChI is InChI=1S/C20H23NO4/c1-13-9-14(2)11-17(10-13)24-12-19(22)25-16(4)20(23)21-18-8-6-5-7-15(18)3/h5-11,16H,12H2,1-4H3,(H,21,23). The number of esters is 1. The number of carbonyl (C=O) groups is 2. The zero-order chi connectivity index (χ0) is 18.4. The Hall–Kier alpha value is -2.82. The van der Waals surface area contributed by atoms with Crippen LogP contribution in [0.3, 0.4) is 0 Å². The number of rotatable bonds is 6. The molecular weight excluding hydrogens is 318 g/mol. The first kappa shape index (κ1) is 18.5. The van der Waals surface area contributed by atoms with E-state index in [-0.39, 0.29) is 12.5 Å². The molecule has 0 aliphatic heterocycles. The van der Waals surface area contributed by atoms with E-state index >= 15 is 0 Å². The van der Waals surface area contributed by atoms with Gasteiger partial charge in [-0.2, -0.15) is 0 Å². The number of ether oxygens (including phenoxy) is 2. The minimum Gasteiger partial charge on any atom is -0.482 e. The molecule has 2 aromatic rings. The molecule has 0 saturated heterocycles. The summed E-state index contributed by atoms with van der Waals surface area (Å²) >= 11 is 0. The third kappa shape index (κ3) is 5.64. The molecule has 0 radical (unpaired) electrons. The number of hydrogen-bond donors (Lipinski definition) is 1. The van der Waals surface area contributed by atoms with Crippen LogP contribution in [-0.2, 0) is 14.3 Å². The Balaban J connectivity index is 1.85. The van der Waals surface area contributed by atoms with Crippen LogP contribution in [-0.4, -0.2) is 24.6 Å². The second-order valence-electron chi connectivity index (χ2n) is 6.05. The van der Waals surface area contributed by atoms with Gasteiger partial charge >= 0.3 is 5.97 Å². The number of para-hydroxylation sites is 1. The van der Waals surface area contributed by atoms with Crippen LogP contribution in [0, 0.1) is 20.8 Å². The summed E-state index contributed by atoms with van der Waals surface area (Å²) in [5.74, 6) is -0.368. The fourth-order valence-corrected chi connectivity index (χ4v) is 2.39. The monoisotopic (exact) mass is 341 g/mol. The van der Waals surface area contributed by atoms with Gasteiger partial charge in [0.05, 0.1) is 0 Å². The summed E-state index contributed by atoms with van der Waals surface area (Å²) in [6, 6.07) is 13.1. The van der Waals surface area contributed by atoms with E-state index in [9.17, 15) is 9.59 Å². The number of aryl methyl sites for hydroxylation is 3. The molecule has 0 heterocycles. The van der Waals surface area contributed by atoms with Crippen LogP contribution in [0.15, 0.2) is 42.5 Å². The molecule has 0 saturated carbocycles. The van der Waals surface area contributed by atoms with Crippen LogP contribution in [0.25, 0.3) is 0 Å². The van der Waals surface area contributed by atoms with Gasteiger partial charge in [0.1, 0.15) is 5.75 Å². The van der Waals surface area contributed by atoms with Crippen molar-refractivity contribution < 1.29 is 19.1 Å². The van der Waals surface area contributed by atoms with E-state index in [0.29, 0.717) is 11.4 Å². The lowest BCUT2D eigenvalue weighted by atomic mass is 10.1. The molecule has 25 heavy (non-hydrogen) atoms. The lowest BCUT2D eigenvalue weighted by molar-refractivity contribution is -0.155. The van der Waals surface area contributed by atoms with Gasteiger partial charge in [0.25, 0.3) is 5.91 Å². The predicted octanol–water partition coefficient (Wildman–Crippen LogP) is 3.56. The quantitative estimate of drug-likeness (QED) is 0.816. The first-order chi connectivity index (χ1) is 11.8. The molecule has 0 spiro atoms. The third-order valence-corrected chi connectivity index (χ3v) is 3.63. The molecule has 2 rings (SSSR count). The number of nitrogens with one attached hydrogen (secondary N) is 1. The maximum absolute atomic E-state index is 12.1. The van der Waals surface area contributed by atoms with Crippen molar-refractivity contribution in [2.24, 2.45) is 0 Å². The van der Waals surface area contributed by atoms with E-state index in [4.69, 9.17) is 9.47 Å². The molecule has 0 bridgehead atoms. The van der Waals surface area contributed by atoms with Gasteiger partial charge in [-0.1, -0.05) is 24.3 Å². The topological polar surface area (TPSA) is 64.6 Å². The van der Waals surface area contributed by atoms with Crippen LogP contribution >= 0.6 is 0 Å². The second-order valence-corrected chi connectivity index (χ2v) is 6.05. The van der Waals surface area contributed by atoms with E-state index in [1.54, 1.807) is 6.07 Å².